The Morgan fingerprint density at radius 2 is 1.59 bits per heavy atom. The van der Waals surface area contributed by atoms with Crippen LogP contribution in [-0.2, 0) is 39.3 Å². The average molecular weight is 595 g/mol. The van der Waals surface area contributed by atoms with E-state index in [0.717, 1.165) is 17.0 Å². The minimum atomic E-state index is -1.56. The van der Waals surface area contributed by atoms with Gasteiger partial charge in [0.05, 0.1) is 25.8 Å². The lowest BCUT2D eigenvalue weighted by Crippen LogP contribution is -2.58. The molecule has 4 aromatic rings. The van der Waals surface area contributed by atoms with Crippen molar-refractivity contribution in [1.29, 1.82) is 0 Å². The van der Waals surface area contributed by atoms with Crippen LogP contribution in [0.3, 0.4) is 0 Å². The number of ether oxygens (including phenoxy) is 2. The zero-order valence-electron chi connectivity index (χ0n) is 24.8. The fourth-order valence-corrected chi connectivity index (χ4v) is 5.52. The summed E-state index contributed by atoms with van der Waals surface area (Å²) in [6.07, 6.45) is -0.313. The lowest BCUT2D eigenvalue weighted by molar-refractivity contribution is -0.149. The standard InChI is InChI=1S/C34H34N4O6/c1-4-25-19-26(5-2)37-33(36-25)44-30(31(40)41)34(24-11-7-6-8-12-24)27-13-9-10-14-28(27)38(29(39)20-35-34)21-22-15-17-23(18-16-22)32(42)43-3/h6-19,30,35H,4-5,20-21H2,1-3H3,(H,40,41). The van der Waals surface area contributed by atoms with Crippen LogP contribution >= 0.6 is 0 Å². The highest BCUT2D eigenvalue weighted by atomic mass is 16.5. The molecule has 0 saturated heterocycles. The molecule has 0 radical (unpaired) electrons. The number of anilines is 1. The maximum atomic E-state index is 13.8. The van der Waals surface area contributed by atoms with Gasteiger partial charge in [0.25, 0.3) is 0 Å². The van der Waals surface area contributed by atoms with E-state index in [1.807, 2.05) is 50.2 Å². The van der Waals surface area contributed by atoms with Crippen LogP contribution in [-0.4, -0.2) is 52.7 Å². The van der Waals surface area contributed by atoms with Crippen molar-refractivity contribution in [1.82, 2.24) is 15.3 Å². The Morgan fingerprint density at radius 1 is 0.955 bits per heavy atom. The van der Waals surface area contributed by atoms with Gasteiger partial charge in [0.1, 0.15) is 5.54 Å². The summed E-state index contributed by atoms with van der Waals surface area (Å²) < 4.78 is 11.0. The van der Waals surface area contributed by atoms with Crippen molar-refractivity contribution in [3.63, 3.8) is 0 Å². The monoisotopic (exact) mass is 594 g/mol. The quantitative estimate of drug-likeness (QED) is 0.258. The number of nitrogens with zero attached hydrogens (tertiary/aromatic N) is 3. The number of carbonyl (C=O) groups is 3. The Labute approximate surface area is 255 Å². The van der Waals surface area contributed by atoms with Gasteiger partial charge in [-0.25, -0.2) is 19.6 Å². The molecule has 0 fully saturated rings. The summed E-state index contributed by atoms with van der Waals surface area (Å²) in [5.74, 6) is -1.98. The first kappa shape index (κ1) is 30.4. The van der Waals surface area contributed by atoms with E-state index in [0.29, 0.717) is 35.2 Å². The van der Waals surface area contributed by atoms with Crippen molar-refractivity contribution in [3.8, 4) is 6.01 Å². The van der Waals surface area contributed by atoms with Gasteiger partial charge in [0.2, 0.25) is 12.0 Å². The second-order valence-corrected chi connectivity index (χ2v) is 10.4. The molecule has 0 bridgehead atoms. The van der Waals surface area contributed by atoms with Crippen LogP contribution in [0.2, 0.25) is 0 Å². The van der Waals surface area contributed by atoms with Gasteiger partial charge in [-0.1, -0.05) is 74.5 Å². The highest BCUT2D eigenvalue weighted by Crippen LogP contribution is 2.42. The predicted octanol–water partition coefficient (Wildman–Crippen LogP) is 4.30. The number of carboxylic acid groups (broad SMARTS) is 1. The second-order valence-electron chi connectivity index (χ2n) is 10.4. The van der Waals surface area contributed by atoms with Crippen molar-refractivity contribution in [3.05, 3.63) is 119 Å². The summed E-state index contributed by atoms with van der Waals surface area (Å²) in [5, 5.41) is 14.1. The van der Waals surface area contributed by atoms with Gasteiger partial charge in [-0.05, 0) is 48.2 Å². The zero-order valence-corrected chi connectivity index (χ0v) is 24.8. The molecule has 2 atom stereocenters. The number of hydrogen-bond acceptors (Lipinski definition) is 8. The Kier molecular flexibility index (Phi) is 9.01. The molecule has 0 saturated carbocycles. The fourth-order valence-electron chi connectivity index (χ4n) is 5.52. The van der Waals surface area contributed by atoms with Crippen molar-refractivity contribution < 1.29 is 29.0 Å². The number of methoxy groups -OCH3 is 1. The number of rotatable bonds is 10. The highest BCUT2D eigenvalue weighted by Gasteiger charge is 2.52. The van der Waals surface area contributed by atoms with E-state index in [1.54, 1.807) is 53.4 Å². The Balaban J connectivity index is 1.66. The van der Waals surface area contributed by atoms with Crippen LogP contribution in [0, 0.1) is 0 Å². The summed E-state index contributed by atoms with van der Waals surface area (Å²) in [7, 11) is 1.32. The number of aryl methyl sites for hydroxylation is 2. The van der Waals surface area contributed by atoms with E-state index in [-0.39, 0.29) is 25.0 Å². The van der Waals surface area contributed by atoms with E-state index in [2.05, 4.69) is 15.3 Å². The molecule has 2 heterocycles. The molecule has 1 aliphatic rings. The average Bonchev–Trinajstić information content (AvgIpc) is 3.18. The number of aliphatic carboxylic acids is 1. The van der Waals surface area contributed by atoms with E-state index in [4.69, 9.17) is 9.47 Å². The number of hydrogen-bond donors (Lipinski definition) is 2. The van der Waals surface area contributed by atoms with Gasteiger partial charge in [-0.3, -0.25) is 10.1 Å². The number of carbonyl (C=O) groups excluding carboxylic acids is 2. The number of para-hydroxylation sites is 1. The van der Waals surface area contributed by atoms with Crippen LogP contribution in [0.5, 0.6) is 6.01 Å². The molecular formula is C34H34N4O6. The van der Waals surface area contributed by atoms with E-state index < -0.39 is 23.6 Å². The largest absolute Gasteiger partial charge is 0.478 e. The van der Waals surface area contributed by atoms with Gasteiger partial charge in [-0.15, -0.1) is 0 Å². The number of nitrogens with one attached hydrogen (secondary N) is 1. The molecule has 1 aliphatic heterocycles. The molecule has 2 unspecified atom stereocenters. The number of carboxylic acids is 1. The summed E-state index contributed by atoms with van der Waals surface area (Å²) >= 11 is 0. The first-order valence-corrected chi connectivity index (χ1v) is 14.4. The molecule has 10 heteroatoms. The van der Waals surface area contributed by atoms with E-state index >= 15 is 0 Å². The van der Waals surface area contributed by atoms with Crippen molar-refractivity contribution in [2.75, 3.05) is 18.6 Å². The molecule has 226 valence electrons. The van der Waals surface area contributed by atoms with Crippen LogP contribution in [0.1, 0.15) is 52.3 Å². The van der Waals surface area contributed by atoms with Gasteiger partial charge >= 0.3 is 17.9 Å². The molecule has 0 spiro atoms. The fraction of sp³-hybridized carbons (Fsp3) is 0.265. The van der Waals surface area contributed by atoms with Gasteiger partial charge < -0.3 is 19.5 Å². The van der Waals surface area contributed by atoms with Crippen LogP contribution in [0.15, 0.2) is 84.9 Å². The molecule has 44 heavy (non-hydrogen) atoms. The SMILES string of the molecule is CCc1cc(CC)nc(OC(C(=O)O)C2(c3ccccc3)NCC(=O)N(Cc3ccc(C(=O)OC)cc3)c3ccccc32)n1. The third-order valence-electron chi connectivity index (χ3n) is 7.76. The molecule has 2 N–H and O–H groups in total. The molecule has 0 aliphatic carbocycles. The lowest BCUT2D eigenvalue weighted by Gasteiger charge is -2.39. The van der Waals surface area contributed by atoms with Crippen LogP contribution in [0.4, 0.5) is 5.69 Å². The highest BCUT2D eigenvalue weighted by molar-refractivity contribution is 5.97. The Hall–Kier alpha value is -5.09. The van der Waals surface area contributed by atoms with Gasteiger partial charge in [0, 0.05) is 22.6 Å². The maximum Gasteiger partial charge on any atom is 0.347 e. The minimum Gasteiger partial charge on any atom is -0.478 e. The number of benzene rings is 3. The van der Waals surface area contributed by atoms with E-state index in [1.165, 1.54) is 7.11 Å². The maximum absolute atomic E-state index is 13.8. The first-order valence-electron chi connectivity index (χ1n) is 14.4. The number of amides is 1. The van der Waals surface area contributed by atoms with Gasteiger partial charge in [0.15, 0.2) is 0 Å². The molecular weight excluding hydrogens is 560 g/mol. The second kappa shape index (κ2) is 13.0. The normalized spacial score (nSPS) is 16.9. The summed E-state index contributed by atoms with van der Waals surface area (Å²) in [6.45, 7) is 3.91. The molecule has 10 nitrogen and oxygen atoms in total. The molecule has 5 rings (SSSR count). The van der Waals surface area contributed by atoms with Crippen LogP contribution < -0.4 is 15.0 Å². The topological polar surface area (TPSA) is 131 Å². The number of fused-ring (bicyclic) bond motifs is 1. The van der Waals surface area contributed by atoms with Crippen molar-refractivity contribution in [2.24, 2.45) is 0 Å². The van der Waals surface area contributed by atoms with Gasteiger partial charge in [-0.2, -0.15) is 0 Å². The number of aromatic nitrogens is 2. The zero-order chi connectivity index (χ0) is 31.3. The van der Waals surface area contributed by atoms with E-state index in [9.17, 15) is 19.5 Å². The third kappa shape index (κ3) is 5.89. The Morgan fingerprint density at radius 3 is 2.20 bits per heavy atom. The number of esters is 1. The summed E-state index contributed by atoms with van der Waals surface area (Å²) in [4.78, 5) is 49.6. The lowest BCUT2D eigenvalue weighted by atomic mass is 9.77. The first-order chi connectivity index (χ1) is 21.3. The molecule has 3 aromatic carbocycles. The van der Waals surface area contributed by atoms with Crippen molar-refractivity contribution >= 4 is 23.5 Å². The van der Waals surface area contributed by atoms with Crippen LogP contribution in [0.25, 0.3) is 0 Å². The van der Waals surface area contributed by atoms with Crippen molar-refractivity contribution in [2.45, 2.75) is 44.9 Å². The molecule has 1 amide bonds. The third-order valence-corrected chi connectivity index (χ3v) is 7.76. The summed E-state index contributed by atoms with van der Waals surface area (Å²) in [5.41, 5.74) is 2.78. The smallest absolute Gasteiger partial charge is 0.347 e. The molecule has 1 aromatic heterocycles. The summed E-state index contributed by atoms with van der Waals surface area (Å²) in [6, 6.07) is 25.0. The predicted molar refractivity (Wildman–Crippen MR) is 163 cm³/mol. The minimum absolute atomic E-state index is 0.0405. The Bertz CT molecular complexity index is 1640.